The van der Waals surface area contributed by atoms with Crippen LogP contribution in [0, 0.1) is 0 Å². The van der Waals surface area contributed by atoms with Crippen LogP contribution in [0.4, 0.5) is 10.5 Å². The van der Waals surface area contributed by atoms with Crippen molar-refractivity contribution >= 4 is 33.6 Å². The van der Waals surface area contributed by atoms with Gasteiger partial charge in [0.15, 0.2) is 0 Å². The van der Waals surface area contributed by atoms with Crippen LogP contribution in [-0.2, 0) is 0 Å². The second kappa shape index (κ2) is 4.13. The summed E-state index contributed by atoms with van der Waals surface area (Å²) in [7, 11) is 0. The van der Waals surface area contributed by atoms with Gasteiger partial charge in [0.25, 0.3) is 0 Å². The highest BCUT2D eigenvalue weighted by molar-refractivity contribution is 9.10. The fourth-order valence-corrected chi connectivity index (χ4v) is 1.98. The van der Waals surface area contributed by atoms with E-state index in [1.165, 1.54) is 11.0 Å². The summed E-state index contributed by atoms with van der Waals surface area (Å²) in [5.41, 5.74) is 0.743. The van der Waals surface area contributed by atoms with E-state index in [0.717, 1.165) is 0 Å². The number of nitrogens with one attached hydrogen (secondary N) is 1. The first-order valence-corrected chi connectivity index (χ1v) is 5.47. The predicted octanol–water partition coefficient (Wildman–Crippen LogP) is 1.68. The van der Waals surface area contributed by atoms with Crippen LogP contribution in [0.3, 0.4) is 0 Å². The number of hydrogen-bond donors (Lipinski definition) is 2. The molecular formula is C10H9BrN2O3. The molecule has 1 aromatic carbocycles. The van der Waals surface area contributed by atoms with Crippen LogP contribution in [-0.4, -0.2) is 30.2 Å². The van der Waals surface area contributed by atoms with Crippen molar-refractivity contribution in [2.24, 2.45) is 0 Å². The van der Waals surface area contributed by atoms with Crippen LogP contribution in [0.25, 0.3) is 0 Å². The van der Waals surface area contributed by atoms with Crippen molar-refractivity contribution in [3.05, 3.63) is 28.2 Å². The first-order chi connectivity index (χ1) is 7.59. The zero-order valence-electron chi connectivity index (χ0n) is 8.24. The Labute approximate surface area is 100 Å². The molecule has 0 unspecified atom stereocenters. The summed E-state index contributed by atoms with van der Waals surface area (Å²) < 4.78 is 0.503. The Hall–Kier alpha value is -1.56. The summed E-state index contributed by atoms with van der Waals surface area (Å²) in [5, 5.41) is 11.6. The summed E-state index contributed by atoms with van der Waals surface area (Å²) in [6.07, 6.45) is 0. The van der Waals surface area contributed by atoms with Crippen LogP contribution < -0.4 is 10.2 Å². The minimum Gasteiger partial charge on any atom is -0.478 e. The molecule has 0 radical (unpaired) electrons. The van der Waals surface area contributed by atoms with E-state index in [-0.39, 0.29) is 11.6 Å². The van der Waals surface area contributed by atoms with Gasteiger partial charge in [-0.3, -0.25) is 4.90 Å². The average molecular weight is 285 g/mol. The van der Waals surface area contributed by atoms with E-state index in [2.05, 4.69) is 21.2 Å². The molecule has 1 heterocycles. The second-order valence-corrected chi connectivity index (χ2v) is 4.21. The monoisotopic (exact) mass is 284 g/mol. The van der Waals surface area contributed by atoms with E-state index in [9.17, 15) is 9.59 Å². The summed E-state index contributed by atoms with van der Waals surface area (Å²) >= 11 is 3.15. The molecule has 16 heavy (non-hydrogen) atoms. The van der Waals surface area contributed by atoms with Gasteiger partial charge in [-0.15, -0.1) is 0 Å². The molecule has 0 bridgehead atoms. The molecule has 2 rings (SSSR count). The predicted molar refractivity (Wildman–Crippen MR) is 61.8 cm³/mol. The number of anilines is 1. The number of carbonyl (C=O) groups excluding carboxylic acids is 1. The third-order valence-electron chi connectivity index (χ3n) is 2.35. The molecular weight excluding hydrogens is 276 g/mol. The Balaban J connectivity index is 2.39. The summed E-state index contributed by atoms with van der Waals surface area (Å²) in [6, 6.07) is 4.63. The van der Waals surface area contributed by atoms with Crippen molar-refractivity contribution in [2.75, 3.05) is 18.0 Å². The van der Waals surface area contributed by atoms with Crippen molar-refractivity contribution in [1.82, 2.24) is 5.32 Å². The van der Waals surface area contributed by atoms with Gasteiger partial charge in [-0.25, -0.2) is 9.59 Å². The van der Waals surface area contributed by atoms with Gasteiger partial charge >= 0.3 is 12.0 Å². The number of carbonyl (C=O) groups is 2. The number of amides is 2. The van der Waals surface area contributed by atoms with Crippen LogP contribution in [0.2, 0.25) is 0 Å². The van der Waals surface area contributed by atoms with Gasteiger partial charge in [0, 0.05) is 23.2 Å². The van der Waals surface area contributed by atoms with E-state index < -0.39 is 5.97 Å². The summed E-state index contributed by atoms with van der Waals surface area (Å²) in [5.74, 6) is -1.02. The lowest BCUT2D eigenvalue weighted by molar-refractivity contribution is 0.0696. The van der Waals surface area contributed by atoms with E-state index in [1.54, 1.807) is 12.1 Å². The lowest BCUT2D eigenvalue weighted by atomic mass is 10.2. The molecule has 0 atom stereocenters. The minimum atomic E-state index is -1.02. The third kappa shape index (κ3) is 1.88. The number of hydrogen-bond acceptors (Lipinski definition) is 2. The van der Waals surface area contributed by atoms with E-state index >= 15 is 0 Å². The van der Waals surface area contributed by atoms with Crippen molar-refractivity contribution < 1.29 is 14.7 Å². The molecule has 0 aromatic heterocycles. The van der Waals surface area contributed by atoms with Gasteiger partial charge in [0.1, 0.15) is 0 Å². The standard InChI is InChI=1S/C10H9BrN2O3/c11-8-2-1-6(5-7(8)9(14)15)13-4-3-12-10(13)16/h1-2,5H,3-4H2,(H,12,16)(H,14,15). The van der Waals surface area contributed by atoms with E-state index in [4.69, 9.17) is 5.11 Å². The number of nitrogens with zero attached hydrogens (tertiary/aromatic N) is 1. The Morgan fingerprint density at radius 2 is 2.25 bits per heavy atom. The molecule has 5 nitrogen and oxygen atoms in total. The Morgan fingerprint density at radius 1 is 1.50 bits per heavy atom. The van der Waals surface area contributed by atoms with Gasteiger partial charge in [-0.05, 0) is 34.1 Å². The molecule has 0 saturated carbocycles. The average Bonchev–Trinajstić information content (AvgIpc) is 2.65. The van der Waals surface area contributed by atoms with E-state index in [1.807, 2.05) is 0 Å². The number of rotatable bonds is 2. The highest BCUT2D eigenvalue weighted by atomic mass is 79.9. The molecule has 0 spiro atoms. The Morgan fingerprint density at radius 3 is 2.81 bits per heavy atom. The van der Waals surface area contributed by atoms with Gasteiger partial charge in [-0.1, -0.05) is 0 Å². The molecule has 1 fully saturated rings. The fourth-order valence-electron chi connectivity index (χ4n) is 1.56. The molecule has 1 saturated heterocycles. The van der Waals surface area contributed by atoms with Crippen LogP contribution in [0.15, 0.2) is 22.7 Å². The highest BCUT2D eigenvalue weighted by Crippen LogP contribution is 2.24. The van der Waals surface area contributed by atoms with Crippen LogP contribution in [0.1, 0.15) is 10.4 Å². The lowest BCUT2D eigenvalue weighted by Gasteiger charge is -2.15. The van der Waals surface area contributed by atoms with Gasteiger partial charge in [0.05, 0.1) is 5.56 Å². The molecule has 6 heteroatoms. The van der Waals surface area contributed by atoms with Crippen molar-refractivity contribution in [2.45, 2.75) is 0 Å². The number of carboxylic acid groups (broad SMARTS) is 1. The number of halogens is 1. The van der Waals surface area contributed by atoms with Crippen LogP contribution in [0.5, 0.6) is 0 Å². The zero-order chi connectivity index (χ0) is 11.7. The summed E-state index contributed by atoms with van der Waals surface area (Å²) in [4.78, 5) is 23.8. The molecule has 0 aliphatic carbocycles. The largest absolute Gasteiger partial charge is 0.478 e. The SMILES string of the molecule is O=C(O)c1cc(N2CCNC2=O)ccc1Br. The smallest absolute Gasteiger partial charge is 0.336 e. The highest BCUT2D eigenvalue weighted by Gasteiger charge is 2.22. The van der Waals surface area contributed by atoms with Gasteiger partial charge in [0.2, 0.25) is 0 Å². The maximum atomic E-state index is 11.4. The van der Waals surface area contributed by atoms with Gasteiger partial charge in [-0.2, -0.15) is 0 Å². The quantitative estimate of drug-likeness (QED) is 0.868. The lowest BCUT2D eigenvalue weighted by Crippen LogP contribution is -2.27. The topological polar surface area (TPSA) is 69.6 Å². The zero-order valence-corrected chi connectivity index (χ0v) is 9.82. The second-order valence-electron chi connectivity index (χ2n) is 3.35. The van der Waals surface area contributed by atoms with Crippen molar-refractivity contribution in [3.63, 3.8) is 0 Å². The third-order valence-corrected chi connectivity index (χ3v) is 3.04. The van der Waals surface area contributed by atoms with E-state index in [0.29, 0.717) is 23.2 Å². The molecule has 2 amide bonds. The molecule has 1 aliphatic rings. The molecule has 2 N–H and O–H groups in total. The molecule has 1 aromatic rings. The van der Waals surface area contributed by atoms with Crippen molar-refractivity contribution in [3.8, 4) is 0 Å². The Kier molecular flexibility index (Phi) is 2.82. The minimum absolute atomic E-state index is 0.150. The maximum absolute atomic E-state index is 11.4. The Bertz CT molecular complexity index is 461. The normalized spacial score (nSPS) is 15.1. The fraction of sp³-hybridized carbons (Fsp3) is 0.200. The molecule has 1 aliphatic heterocycles. The molecule has 84 valence electrons. The first-order valence-electron chi connectivity index (χ1n) is 4.68. The van der Waals surface area contributed by atoms with Gasteiger partial charge < -0.3 is 10.4 Å². The number of carboxylic acids is 1. The van der Waals surface area contributed by atoms with Crippen LogP contribution >= 0.6 is 15.9 Å². The first kappa shape index (κ1) is 10.9. The maximum Gasteiger partial charge on any atom is 0.336 e. The number of aromatic carboxylic acids is 1. The van der Waals surface area contributed by atoms with Crippen molar-refractivity contribution in [1.29, 1.82) is 0 Å². The number of benzene rings is 1. The number of urea groups is 1. The summed E-state index contributed by atoms with van der Waals surface area (Å²) in [6.45, 7) is 1.14.